The quantitative estimate of drug-likeness (QED) is 0.494. The van der Waals surface area contributed by atoms with E-state index in [1.165, 1.54) is 41.5 Å². The number of benzene rings is 1. The average molecular weight is 236 g/mol. The van der Waals surface area contributed by atoms with Crippen LogP contribution in [0.4, 0.5) is 0 Å². The molecule has 0 bridgehead atoms. The van der Waals surface area contributed by atoms with Crippen LogP contribution < -0.4 is 0 Å². The first kappa shape index (κ1) is 12.7. The number of unbranched alkanes of at least 4 members (excludes halogenated alkanes) is 3. The zero-order chi connectivity index (χ0) is 12.8. The Morgan fingerprint density at radius 2 is 1.94 bits per heavy atom. The Hall–Kier alpha value is -1.74. The van der Waals surface area contributed by atoms with Crippen molar-refractivity contribution in [3.05, 3.63) is 47.0 Å². The lowest BCUT2D eigenvalue weighted by Gasteiger charge is -2.07. The summed E-state index contributed by atoms with van der Waals surface area (Å²) < 4.78 is 0. The molecule has 0 aromatic heterocycles. The molecule has 0 heterocycles. The maximum Gasteiger partial charge on any atom is 0.00860 e. The summed E-state index contributed by atoms with van der Waals surface area (Å²) >= 11 is 0. The van der Waals surface area contributed by atoms with E-state index in [1.54, 1.807) is 0 Å². The number of allylic oxidation sites excluding steroid dienone is 3. The van der Waals surface area contributed by atoms with Gasteiger partial charge >= 0.3 is 0 Å². The molecule has 0 unspecified atom stereocenters. The molecule has 0 nitrogen and oxygen atoms in total. The molecule has 0 N–H and O–H groups in total. The van der Waals surface area contributed by atoms with E-state index >= 15 is 0 Å². The van der Waals surface area contributed by atoms with Gasteiger partial charge in [-0.15, -0.1) is 12.3 Å². The molecule has 0 radical (unpaired) electrons. The molecule has 0 fully saturated rings. The van der Waals surface area contributed by atoms with Crippen LogP contribution >= 0.6 is 0 Å². The lowest BCUT2D eigenvalue weighted by Crippen LogP contribution is -1.87. The zero-order valence-corrected chi connectivity index (χ0v) is 11.1. The third kappa shape index (κ3) is 2.93. The van der Waals surface area contributed by atoms with Crippen molar-refractivity contribution in [3.63, 3.8) is 0 Å². The second-order valence-corrected chi connectivity index (χ2v) is 4.88. The highest BCUT2D eigenvalue weighted by Crippen LogP contribution is 2.32. The van der Waals surface area contributed by atoms with Gasteiger partial charge in [-0.3, -0.25) is 0 Å². The largest absolute Gasteiger partial charge is 0.120 e. The monoisotopic (exact) mass is 236 g/mol. The number of fused-ring (bicyclic) bond motifs is 1. The van der Waals surface area contributed by atoms with Gasteiger partial charge in [0.05, 0.1) is 0 Å². The van der Waals surface area contributed by atoms with Crippen molar-refractivity contribution < 1.29 is 0 Å². The maximum atomic E-state index is 5.25. The van der Waals surface area contributed by atoms with Gasteiger partial charge in [-0.25, -0.2) is 0 Å². The second kappa shape index (κ2) is 6.26. The Morgan fingerprint density at radius 1 is 1.11 bits per heavy atom. The van der Waals surface area contributed by atoms with Crippen LogP contribution in [0.1, 0.15) is 50.2 Å². The predicted molar refractivity (Wildman–Crippen MR) is 80.0 cm³/mol. The molecule has 1 aliphatic carbocycles. The van der Waals surface area contributed by atoms with Crippen molar-refractivity contribution in [2.75, 3.05) is 0 Å². The molecular weight excluding hydrogens is 216 g/mol. The van der Waals surface area contributed by atoms with Gasteiger partial charge in [0.1, 0.15) is 0 Å². The van der Waals surface area contributed by atoms with Crippen LogP contribution in [0.3, 0.4) is 0 Å². The van der Waals surface area contributed by atoms with Crippen molar-refractivity contribution in [2.24, 2.45) is 0 Å². The van der Waals surface area contributed by atoms with Gasteiger partial charge < -0.3 is 0 Å². The topological polar surface area (TPSA) is 0 Å². The van der Waals surface area contributed by atoms with E-state index in [0.717, 1.165) is 12.8 Å². The summed E-state index contributed by atoms with van der Waals surface area (Å²) in [5.41, 5.74) is 5.65. The molecule has 2 rings (SSSR count). The van der Waals surface area contributed by atoms with Crippen molar-refractivity contribution >= 4 is 11.6 Å². The molecule has 92 valence electrons. The summed E-state index contributed by atoms with van der Waals surface area (Å²) in [6.45, 7) is 2.25. The molecule has 18 heavy (non-hydrogen) atoms. The van der Waals surface area contributed by atoms with Gasteiger partial charge in [0.25, 0.3) is 0 Å². The normalized spacial score (nSPS) is 15.3. The summed E-state index contributed by atoms with van der Waals surface area (Å²) in [7, 11) is 0. The maximum absolute atomic E-state index is 5.25. The summed E-state index contributed by atoms with van der Waals surface area (Å²) in [6, 6.07) is 8.61. The molecule has 0 saturated heterocycles. The molecule has 1 aromatic rings. The fourth-order valence-electron chi connectivity index (χ4n) is 2.45. The molecule has 0 amide bonds. The van der Waals surface area contributed by atoms with Crippen LogP contribution in [0.15, 0.2) is 35.9 Å². The van der Waals surface area contributed by atoms with Crippen molar-refractivity contribution in [1.29, 1.82) is 0 Å². The van der Waals surface area contributed by atoms with Gasteiger partial charge in [-0.2, -0.15) is 0 Å². The zero-order valence-electron chi connectivity index (χ0n) is 11.1. The minimum Gasteiger partial charge on any atom is -0.120 e. The summed E-state index contributed by atoms with van der Waals surface area (Å²) in [4.78, 5) is 0. The lowest BCUT2D eigenvalue weighted by molar-refractivity contribution is 0.690. The summed E-state index contributed by atoms with van der Waals surface area (Å²) in [5, 5.41) is 0. The van der Waals surface area contributed by atoms with Crippen LogP contribution in [0, 0.1) is 12.3 Å². The fraction of sp³-hybridized carbons (Fsp3) is 0.333. The highest BCUT2D eigenvalue weighted by atomic mass is 14.2. The number of hydrogen-bond acceptors (Lipinski definition) is 0. The Bertz CT molecular complexity index is 509. The minimum atomic E-state index is 0.915. The number of terminal acetylenes is 1. The Kier molecular flexibility index (Phi) is 4.42. The first-order valence-electron chi connectivity index (χ1n) is 6.73. The van der Waals surface area contributed by atoms with Crippen LogP contribution in [0.5, 0.6) is 0 Å². The second-order valence-electron chi connectivity index (χ2n) is 4.88. The van der Waals surface area contributed by atoms with E-state index in [4.69, 9.17) is 6.42 Å². The lowest BCUT2D eigenvalue weighted by atomic mass is 9.98. The van der Waals surface area contributed by atoms with Gasteiger partial charge in [-0.05, 0) is 42.9 Å². The number of hydrogen-bond donors (Lipinski definition) is 0. The van der Waals surface area contributed by atoms with E-state index in [0.29, 0.717) is 0 Å². The Labute approximate surface area is 110 Å². The van der Waals surface area contributed by atoms with Crippen molar-refractivity contribution in [2.45, 2.75) is 39.0 Å². The Morgan fingerprint density at radius 3 is 2.78 bits per heavy atom. The molecule has 0 atom stereocenters. The predicted octanol–water partition coefficient (Wildman–Crippen LogP) is 5.07. The highest BCUT2D eigenvalue weighted by Gasteiger charge is 2.11. The van der Waals surface area contributed by atoms with Gasteiger partial charge in [-0.1, -0.05) is 48.4 Å². The van der Waals surface area contributed by atoms with E-state index in [1.807, 2.05) is 0 Å². The van der Waals surface area contributed by atoms with E-state index in [-0.39, 0.29) is 0 Å². The molecular formula is C18H20. The van der Waals surface area contributed by atoms with Crippen molar-refractivity contribution in [1.82, 2.24) is 0 Å². The van der Waals surface area contributed by atoms with Crippen LogP contribution in [-0.4, -0.2) is 0 Å². The molecule has 0 spiro atoms. The SMILES string of the molecule is C#CCCCCCC(C)=C1C=Cc2ccccc21. The van der Waals surface area contributed by atoms with Gasteiger partial charge in [0.15, 0.2) is 0 Å². The molecule has 0 aliphatic heterocycles. The first-order chi connectivity index (χ1) is 8.83. The summed E-state index contributed by atoms with van der Waals surface area (Å²) in [5.74, 6) is 2.70. The van der Waals surface area contributed by atoms with Gasteiger partial charge in [0, 0.05) is 6.42 Å². The smallest absolute Gasteiger partial charge is 0.00860 e. The van der Waals surface area contributed by atoms with Crippen LogP contribution in [0.2, 0.25) is 0 Å². The van der Waals surface area contributed by atoms with E-state index < -0.39 is 0 Å². The summed E-state index contributed by atoms with van der Waals surface area (Å²) in [6.07, 6.45) is 15.5. The Balaban J connectivity index is 1.96. The molecule has 1 aliphatic rings. The van der Waals surface area contributed by atoms with E-state index in [9.17, 15) is 0 Å². The molecule has 0 saturated carbocycles. The first-order valence-corrected chi connectivity index (χ1v) is 6.73. The van der Waals surface area contributed by atoms with Crippen LogP contribution in [-0.2, 0) is 0 Å². The van der Waals surface area contributed by atoms with E-state index in [2.05, 4.69) is 49.3 Å². The van der Waals surface area contributed by atoms with Gasteiger partial charge in [0.2, 0.25) is 0 Å². The minimum absolute atomic E-state index is 0.915. The standard InChI is InChI=1S/C18H20/c1-3-4-5-6-7-10-15(2)17-14-13-16-11-8-9-12-18(16)17/h1,8-9,11-14H,4-7,10H2,2H3. The fourth-order valence-corrected chi connectivity index (χ4v) is 2.45. The molecule has 1 aromatic carbocycles. The van der Waals surface area contributed by atoms with Crippen LogP contribution in [0.25, 0.3) is 11.6 Å². The van der Waals surface area contributed by atoms with Crippen molar-refractivity contribution in [3.8, 4) is 12.3 Å². The average Bonchev–Trinajstić information content (AvgIpc) is 2.82. The third-order valence-corrected chi connectivity index (χ3v) is 3.51. The molecule has 0 heteroatoms. The third-order valence-electron chi connectivity index (χ3n) is 3.51. The number of rotatable bonds is 5. The highest BCUT2D eigenvalue weighted by molar-refractivity contribution is 5.91.